The van der Waals surface area contributed by atoms with Gasteiger partial charge in [0.25, 0.3) is 5.78 Å². The highest BCUT2D eigenvalue weighted by Crippen LogP contribution is 2.45. The Morgan fingerprint density at radius 1 is 1.02 bits per heavy atom. The van der Waals surface area contributed by atoms with Crippen molar-refractivity contribution < 1.29 is 38.4 Å². The number of hydrogen-bond acceptors (Lipinski definition) is 10. The number of ether oxygens (including phenoxy) is 4. The van der Waals surface area contributed by atoms with Crippen LogP contribution in [-0.2, 0) is 14.3 Å². The second-order valence-corrected chi connectivity index (χ2v) is 10.7. The summed E-state index contributed by atoms with van der Waals surface area (Å²) in [6, 6.07) is 10.7. The summed E-state index contributed by atoms with van der Waals surface area (Å²) in [5.74, 6) is -1.32. The van der Waals surface area contributed by atoms with Crippen LogP contribution in [0.5, 0.6) is 17.2 Å². The van der Waals surface area contributed by atoms with E-state index >= 15 is 0 Å². The first-order valence-electron chi connectivity index (χ1n) is 14.2. The number of aliphatic hydroxyl groups is 1. The molecule has 2 aromatic carbocycles. The second kappa shape index (κ2) is 14.2. The summed E-state index contributed by atoms with van der Waals surface area (Å²) in [6.07, 6.45) is 2.97. The minimum atomic E-state index is -1.08. The van der Waals surface area contributed by atoms with Gasteiger partial charge in [0.1, 0.15) is 16.4 Å². The number of aliphatic hydroxyl groups excluding tert-OH is 1. The third-order valence-corrected chi connectivity index (χ3v) is 7.96. The van der Waals surface area contributed by atoms with E-state index in [1.165, 1.54) is 12.0 Å². The maximum absolute atomic E-state index is 13.6. The fourth-order valence-electron chi connectivity index (χ4n) is 4.78. The average Bonchev–Trinajstić information content (AvgIpc) is 3.51. The number of carbonyl (C=O) groups excluding carboxylic acids is 3. The number of aryl methyl sites for hydroxylation is 1. The maximum Gasteiger partial charge on any atom is 0.350 e. The highest BCUT2D eigenvalue weighted by atomic mass is 32.1. The molecule has 1 N–H and O–H groups in total. The molecule has 4 rings (SSSR count). The van der Waals surface area contributed by atoms with Crippen molar-refractivity contribution in [2.75, 3.05) is 31.8 Å². The van der Waals surface area contributed by atoms with E-state index in [-0.39, 0.29) is 27.9 Å². The first-order chi connectivity index (χ1) is 20.7. The van der Waals surface area contributed by atoms with Gasteiger partial charge in [0.15, 0.2) is 16.6 Å². The number of methoxy groups -OCH3 is 1. The molecule has 1 aliphatic heterocycles. The molecule has 0 saturated carbocycles. The van der Waals surface area contributed by atoms with Crippen molar-refractivity contribution in [3.8, 4) is 17.2 Å². The zero-order chi connectivity index (χ0) is 31.1. The number of aromatic nitrogens is 1. The van der Waals surface area contributed by atoms with E-state index in [1.807, 2.05) is 6.92 Å². The number of hydrogen-bond donors (Lipinski definition) is 1. The number of benzene rings is 2. The lowest BCUT2D eigenvalue weighted by atomic mass is 9.95. The molecule has 1 aromatic heterocycles. The SMILES string of the molecule is CCCCCOc1ccc(C2C(=C(O)c3cccc(OCC)c3)C(=O)C(=O)N2c2nc(C)c(C(=O)OCC)s2)cc1OC. The van der Waals surface area contributed by atoms with Gasteiger partial charge in [0.2, 0.25) is 0 Å². The van der Waals surface area contributed by atoms with Gasteiger partial charge >= 0.3 is 11.9 Å². The van der Waals surface area contributed by atoms with Crippen LogP contribution in [0.15, 0.2) is 48.0 Å². The van der Waals surface area contributed by atoms with E-state index in [0.29, 0.717) is 47.3 Å². The van der Waals surface area contributed by atoms with E-state index < -0.39 is 23.7 Å². The number of carbonyl (C=O) groups is 3. The number of ketones is 1. The normalized spacial score (nSPS) is 15.9. The summed E-state index contributed by atoms with van der Waals surface area (Å²) in [4.78, 5) is 45.7. The Kier molecular flexibility index (Phi) is 10.4. The van der Waals surface area contributed by atoms with Crippen molar-refractivity contribution in [3.63, 3.8) is 0 Å². The number of amides is 1. The molecule has 3 aromatic rings. The van der Waals surface area contributed by atoms with Crippen LogP contribution < -0.4 is 19.1 Å². The molecular formula is C32H36N2O8S. The van der Waals surface area contributed by atoms with Gasteiger partial charge in [-0.2, -0.15) is 0 Å². The van der Waals surface area contributed by atoms with Gasteiger partial charge < -0.3 is 24.1 Å². The zero-order valence-electron chi connectivity index (χ0n) is 25.0. The Labute approximate surface area is 254 Å². The summed E-state index contributed by atoms with van der Waals surface area (Å²) >= 11 is 0.943. The maximum atomic E-state index is 13.6. The van der Waals surface area contributed by atoms with Crippen molar-refractivity contribution in [2.24, 2.45) is 0 Å². The molecule has 0 bridgehead atoms. The first kappa shape index (κ1) is 31.6. The molecule has 228 valence electrons. The number of rotatable bonds is 13. The zero-order valence-corrected chi connectivity index (χ0v) is 25.8. The van der Waals surface area contributed by atoms with Crippen LogP contribution in [-0.4, -0.2) is 54.7 Å². The predicted molar refractivity (Wildman–Crippen MR) is 163 cm³/mol. The van der Waals surface area contributed by atoms with Gasteiger partial charge in [0.05, 0.1) is 44.2 Å². The Morgan fingerprint density at radius 2 is 1.81 bits per heavy atom. The average molecular weight is 609 g/mol. The summed E-state index contributed by atoms with van der Waals surface area (Å²) in [7, 11) is 1.50. The summed E-state index contributed by atoms with van der Waals surface area (Å²) in [5, 5.41) is 11.7. The van der Waals surface area contributed by atoms with Gasteiger partial charge in [-0.15, -0.1) is 0 Å². The lowest BCUT2D eigenvalue weighted by Crippen LogP contribution is -2.29. The van der Waals surface area contributed by atoms with E-state index in [9.17, 15) is 19.5 Å². The van der Waals surface area contributed by atoms with Crippen molar-refractivity contribution >= 4 is 39.9 Å². The molecule has 1 unspecified atom stereocenters. The standard InChI is InChI=1S/C32H36N2O8S/c1-6-9-10-16-42-23-15-14-20(18-24(23)39-5)26-25(27(35)21-12-11-13-22(17-21)40-7-2)28(36)30(37)34(26)32-33-19(4)29(43-32)31(38)41-8-3/h11-15,17-18,26,35H,6-10,16H2,1-5H3. The second-order valence-electron chi connectivity index (χ2n) is 9.73. The summed E-state index contributed by atoms with van der Waals surface area (Å²) < 4.78 is 22.3. The molecule has 1 amide bonds. The van der Waals surface area contributed by atoms with E-state index in [1.54, 1.807) is 56.3 Å². The van der Waals surface area contributed by atoms with Crippen LogP contribution in [0.3, 0.4) is 0 Å². The topological polar surface area (TPSA) is 124 Å². The molecule has 0 radical (unpaired) electrons. The Hall–Kier alpha value is -4.38. The fourth-order valence-corrected chi connectivity index (χ4v) is 5.77. The largest absolute Gasteiger partial charge is 0.507 e. The monoisotopic (exact) mass is 608 g/mol. The quantitative estimate of drug-likeness (QED) is 0.0790. The Bertz CT molecular complexity index is 1530. The minimum Gasteiger partial charge on any atom is -0.507 e. The van der Waals surface area contributed by atoms with E-state index in [4.69, 9.17) is 18.9 Å². The molecule has 1 saturated heterocycles. The lowest BCUT2D eigenvalue weighted by Gasteiger charge is -2.24. The lowest BCUT2D eigenvalue weighted by molar-refractivity contribution is -0.132. The number of unbranched alkanes of at least 4 members (excludes halogenated alkanes) is 2. The molecule has 43 heavy (non-hydrogen) atoms. The molecule has 2 heterocycles. The van der Waals surface area contributed by atoms with Gasteiger partial charge in [-0.3, -0.25) is 14.5 Å². The minimum absolute atomic E-state index is 0.119. The smallest absolute Gasteiger partial charge is 0.350 e. The van der Waals surface area contributed by atoms with Gasteiger partial charge in [-0.05, 0) is 57.0 Å². The van der Waals surface area contributed by atoms with Crippen molar-refractivity contribution in [3.05, 3.63) is 69.7 Å². The van der Waals surface area contributed by atoms with Crippen molar-refractivity contribution in [1.82, 2.24) is 4.98 Å². The number of Topliss-reactive ketones (excluding diaryl/α,β-unsaturated/α-hetero) is 1. The highest BCUT2D eigenvalue weighted by Gasteiger charge is 2.48. The number of anilines is 1. The Balaban J connectivity index is 1.87. The summed E-state index contributed by atoms with van der Waals surface area (Å²) in [5.41, 5.74) is 1.00. The van der Waals surface area contributed by atoms with Gasteiger partial charge in [0, 0.05) is 5.56 Å². The van der Waals surface area contributed by atoms with Crippen LogP contribution in [0, 0.1) is 6.92 Å². The van der Waals surface area contributed by atoms with Crippen molar-refractivity contribution in [1.29, 1.82) is 0 Å². The number of nitrogens with zero attached hydrogens (tertiary/aromatic N) is 2. The van der Waals surface area contributed by atoms with Crippen LogP contribution >= 0.6 is 11.3 Å². The fraction of sp³-hybridized carbons (Fsp3) is 0.375. The molecule has 0 aliphatic carbocycles. The van der Waals surface area contributed by atoms with Crippen LogP contribution in [0.25, 0.3) is 5.76 Å². The predicted octanol–water partition coefficient (Wildman–Crippen LogP) is 6.23. The first-order valence-corrected chi connectivity index (χ1v) is 15.1. The number of esters is 1. The van der Waals surface area contributed by atoms with Crippen molar-refractivity contribution in [2.45, 2.75) is 53.0 Å². The van der Waals surface area contributed by atoms with Gasteiger partial charge in [-0.25, -0.2) is 9.78 Å². The molecular weight excluding hydrogens is 572 g/mol. The van der Waals surface area contributed by atoms with E-state index in [0.717, 1.165) is 30.6 Å². The van der Waals surface area contributed by atoms with Gasteiger partial charge in [-0.1, -0.05) is 49.3 Å². The summed E-state index contributed by atoms with van der Waals surface area (Å²) in [6.45, 7) is 8.36. The Morgan fingerprint density at radius 3 is 2.51 bits per heavy atom. The molecule has 11 heteroatoms. The van der Waals surface area contributed by atoms with Crippen LogP contribution in [0.2, 0.25) is 0 Å². The number of thiazole rings is 1. The van der Waals surface area contributed by atoms with Crippen LogP contribution in [0.4, 0.5) is 5.13 Å². The highest BCUT2D eigenvalue weighted by molar-refractivity contribution is 7.17. The third kappa shape index (κ3) is 6.67. The van der Waals surface area contributed by atoms with Crippen LogP contribution in [0.1, 0.15) is 72.6 Å². The molecule has 1 fully saturated rings. The van der Waals surface area contributed by atoms with E-state index in [2.05, 4.69) is 11.9 Å². The molecule has 10 nitrogen and oxygen atoms in total. The molecule has 1 aliphatic rings. The third-order valence-electron chi connectivity index (χ3n) is 6.82. The molecule has 1 atom stereocenters. The molecule has 0 spiro atoms.